The van der Waals surface area contributed by atoms with Gasteiger partial charge in [-0.1, -0.05) is 60.7 Å². The van der Waals surface area contributed by atoms with Gasteiger partial charge in [0.2, 0.25) is 0 Å². The summed E-state index contributed by atoms with van der Waals surface area (Å²) >= 11 is 0. The van der Waals surface area contributed by atoms with Gasteiger partial charge in [-0.25, -0.2) is 4.99 Å². The number of aromatic nitrogens is 2. The minimum Gasteiger partial charge on any atom is -0.389 e. The van der Waals surface area contributed by atoms with Crippen LogP contribution in [0.2, 0.25) is 0 Å². The maximum absolute atomic E-state index is 9.95. The van der Waals surface area contributed by atoms with Crippen LogP contribution in [0.25, 0.3) is 0 Å². The highest BCUT2D eigenvalue weighted by atomic mass is 16.5. The lowest BCUT2D eigenvalue weighted by molar-refractivity contribution is 0.0510. The number of hydrogen-bond acceptors (Lipinski definition) is 4. The largest absolute Gasteiger partial charge is 0.389 e. The molecule has 5 nitrogen and oxygen atoms in total. The molecule has 26 heavy (non-hydrogen) atoms. The van der Waals surface area contributed by atoms with Crippen LogP contribution in [0.4, 0.5) is 5.69 Å². The lowest BCUT2D eigenvalue weighted by Gasteiger charge is -2.11. The highest BCUT2D eigenvalue weighted by Gasteiger charge is 2.13. The Morgan fingerprint density at radius 2 is 1.65 bits per heavy atom. The molecular formula is C21H23N3O2. The molecule has 134 valence electrons. The van der Waals surface area contributed by atoms with Crippen LogP contribution in [-0.2, 0) is 11.3 Å². The van der Waals surface area contributed by atoms with Crippen LogP contribution in [0.15, 0.2) is 71.9 Å². The molecular weight excluding hydrogens is 326 g/mol. The number of benzene rings is 2. The molecule has 1 N–H and O–H groups in total. The van der Waals surface area contributed by atoms with Crippen molar-refractivity contribution in [3.8, 4) is 0 Å². The average molecular weight is 349 g/mol. The minimum atomic E-state index is -0.599. The molecule has 0 amide bonds. The summed E-state index contributed by atoms with van der Waals surface area (Å²) in [6, 6.07) is 20.2. The Bertz CT molecular complexity index is 816. The van der Waals surface area contributed by atoms with Crippen LogP contribution in [0.3, 0.4) is 0 Å². The Morgan fingerprint density at radius 3 is 2.19 bits per heavy atom. The summed E-state index contributed by atoms with van der Waals surface area (Å²) in [5, 5.41) is 14.3. The first-order chi connectivity index (χ1) is 12.7. The van der Waals surface area contributed by atoms with Crippen LogP contribution >= 0.6 is 0 Å². The molecule has 0 saturated carbocycles. The number of rotatable bonds is 7. The van der Waals surface area contributed by atoms with Gasteiger partial charge in [-0.2, -0.15) is 5.10 Å². The van der Waals surface area contributed by atoms with Crippen LogP contribution < -0.4 is 0 Å². The number of hydrogen-bond donors (Lipinski definition) is 1. The van der Waals surface area contributed by atoms with E-state index in [1.807, 2.05) is 67.6 Å². The molecule has 0 bridgehead atoms. The lowest BCUT2D eigenvalue weighted by Crippen LogP contribution is -2.22. The van der Waals surface area contributed by atoms with Crippen LogP contribution in [0.5, 0.6) is 0 Å². The van der Waals surface area contributed by atoms with Gasteiger partial charge in [-0.15, -0.1) is 0 Å². The van der Waals surface area contributed by atoms with Gasteiger partial charge in [0.25, 0.3) is 0 Å². The fourth-order valence-corrected chi connectivity index (χ4v) is 2.78. The summed E-state index contributed by atoms with van der Waals surface area (Å²) in [5.74, 6) is 0. The number of nitrogens with zero attached hydrogens (tertiary/aromatic N) is 3. The summed E-state index contributed by atoms with van der Waals surface area (Å²) in [6.45, 7) is 2.61. The zero-order valence-corrected chi connectivity index (χ0v) is 15.0. The molecule has 0 saturated heterocycles. The Hall–Kier alpha value is -2.76. The third kappa shape index (κ3) is 4.25. The number of aliphatic imine (C=N–C) groups is 1. The van der Waals surface area contributed by atoms with Gasteiger partial charge in [0.15, 0.2) is 0 Å². The summed E-state index contributed by atoms with van der Waals surface area (Å²) < 4.78 is 6.74. The molecule has 3 aromatic rings. The molecule has 3 rings (SSSR count). The topological polar surface area (TPSA) is 59.6 Å². The molecule has 0 spiro atoms. The molecule has 0 aliphatic carbocycles. The van der Waals surface area contributed by atoms with Gasteiger partial charge < -0.3 is 9.84 Å². The Morgan fingerprint density at radius 1 is 1.08 bits per heavy atom. The fourth-order valence-electron chi connectivity index (χ4n) is 2.78. The van der Waals surface area contributed by atoms with Crippen molar-refractivity contribution in [2.24, 2.45) is 4.99 Å². The molecule has 0 radical (unpaired) electrons. The Kier molecular flexibility index (Phi) is 5.94. The van der Waals surface area contributed by atoms with Crippen LogP contribution in [0, 0.1) is 6.92 Å². The summed E-state index contributed by atoms with van der Waals surface area (Å²) in [4.78, 5) is 4.89. The average Bonchev–Trinajstić information content (AvgIpc) is 3.01. The zero-order chi connectivity index (χ0) is 18.4. The van der Waals surface area contributed by atoms with E-state index >= 15 is 0 Å². The third-order valence-electron chi connectivity index (χ3n) is 4.15. The zero-order valence-electron chi connectivity index (χ0n) is 15.0. The van der Waals surface area contributed by atoms with Gasteiger partial charge in [-0.05, 0) is 6.92 Å². The highest BCUT2D eigenvalue weighted by Crippen LogP contribution is 2.22. The van der Waals surface area contributed by atoms with Crippen molar-refractivity contribution >= 4 is 11.4 Å². The molecule has 1 atom stereocenters. The molecule has 5 heteroatoms. The van der Waals surface area contributed by atoms with Crippen molar-refractivity contribution in [2.75, 3.05) is 13.7 Å². The van der Waals surface area contributed by atoms with E-state index in [1.54, 1.807) is 18.0 Å². The van der Waals surface area contributed by atoms with E-state index in [2.05, 4.69) is 5.10 Å². The molecule has 1 aromatic heterocycles. The maximum Gasteiger partial charge on any atom is 0.105 e. The second-order valence-electron chi connectivity index (χ2n) is 6.10. The van der Waals surface area contributed by atoms with Gasteiger partial charge in [0, 0.05) is 18.2 Å². The van der Waals surface area contributed by atoms with Gasteiger partial charge in [0.05, 0.1) is 36.9 Å². The molecule has 0 aliphatic rings. The van der Waals surface area contributed by atoms with E-state index in [-0.39, 0.29) is 6.61 Å². The van der Waals surface area contributed by atoms with Gasteiger partial charge in [-0.3, -0.25) is 4.68 Å². The van der Waals surface area contributed by atoms with Gasteiger partial charge >= 0.3 is 0 Å². The van der Waals surface area contributed by atoms with Crippen molar-refractivity contribution in [1.82, 2.24) is 9.78 Å². The summed E-state index contributed by atoms with van der Waals surface area (Å²) in [6.07, 6.45) is 1.14. The number of ether oxygens (including phenoxy) is 1. The first kappa shape index (κ1) is 18.0. The molecule has 1 unspecified atom stereocenters. The second kappa shape index (κ2) is 8.56. The number of methoxy groups -OCH3 is 1. The van der Waals surface area contributed by atoms with Crippen molar-refractivity contribution < 1.29 is 9.84 Å². The van der Waals surface area contributed by atoms with Crippen molar-refractivity contribution in [3.05, 3.63) is 83.7 Å². The predicted molar refractivity (Wildman–Crippen MR) is 103 cm³/mol. The Labute approximate surface area is 153 Å². The SMILES string of the molecule is COCC(O)Cn1ncc(N=C(c2ccccc2)c2ccccc2)c1C. The number of aliphatic hydroxyl groups excluding tert-OH is 1. The maximum atomic E-state index is 9.95. The minimum absolute atomic E-state index is 0.275. The van der Waals surface area contributed by atoms with Crippen molar-refractivity contribution in [2.45, 2.75) is 19.6 Å². The standard InChI is InChI=1S/C21H23N3O2/c1-16-20(13-22-24(16)14-19(25)15-26-2)23-21(17-9-5-3-6-10-17)18-11-7-4-8-12-18/h3-13,19,25H,14-15H2,1-2H3. The van der Waals surface area contributed by atoms with Gasteiger partial charge in [0.1, 0.15) is 5.69 Å². The predicted octanol–water partition coefficient (Wildman–Crippen LogP) is 3.37. The van der Waals surface area contributed by atoms with E-state index in [1.165, 1.54) is 0 Å². The first-order valence-corrected chi connectivity index (χ1v) is 8.58. The van der Waals surface area contributed by atoms with Crippen molar-refractivity contribution in [3.63, 3.8) is 0 Å². The highest BCUT2D eigenvalue weighted by molar-refractivity contribution is 6.13. The van der Waals surface area contributed by atoms with E-state index in [0.717, 1.165) is 28.2 Å². The van der Waals surface area contributed by atoms with Crippen molar-refractivity contribution in [1.29, 1.82) is 0 Å². The molecule has 0 fully saturated rings. The smallest absolute Gasteiger partial charge is 0.105 e. The van der Waals surface area contributed by atoms with E-state index < -0.39 is 6.10 Å². The van der Waals surface area contributed by atoms with Crippen LogP contribution in [0.1, 0.15) is 16.8 Å². The first-order valence-electron chi connectivity index (χ1n) is 8.58. The third-order valence-corrected chi connectivity index (χ3v) is 4.15. The Balaban J connectivity index is 1.98. The van der Waals surface area contributed by atoms with E-state index in [0.29, 0.717) is 6.54 Å². The fraction of sp³-hybridized carbons (Fsp3) is 0.238. The van der Waals surface area contributed by atoms with E-state index in [4.69, 9.17) is 9.73 Å². The lowest BCUT2D eigenvalue weighted by atomic mass is 10.0. The molecule has 2 aromatic carbocycles. The van der Waals surface area contributed by atoms with Crippen LogP contribution in [-0.4, -0.2) is 40.4 Å². The molecule has 0 aliphatic heterocycles. The summed E-state index contributed by atoms with van der Waals surface area (Å²) in [7, 11) is 1.57. The number of aliphatic hydroxyl groups is 1. The summed E-state index contributed by atoms with van der Waals surface area (Å²) in [5.41, 5.74) is 4.68. The van der Waals surface area contributed by atoms with E-state index in [9.17, 15) is 5.11 Å². The monoisotopic (exact) mass is 349 g/mol. The normalized spacial score (nSPS) is 12.0. The second-order valence-corrected chi connectivity index (χ2v) is 6.10. The molecule has 1 heterocycles. The quantitative estimate of drug-likeness (QED) is 0.665.